The molecule has 92 valence electrons. The predicted molar refractivity (Wildman–Crippen MR) is 66.3 cm³/mol. The van der Waals surface area contributed by atoms with E-state index in [0.29, 0.717) is 0 Å². The lowest BCUT2D eigenvalue weighted by molar-refractivity contribution is 0.140. The Morgan fingerprint density at radius 1 is 1.19 bits per heavy atom. The van der Waals surface area contributed by atoms with Gasteiger partial charge in [-0.15, -0.1) is 0 Å². The van der Waals surface area contributed by atoms with Crippen LogP contribution in [0.5, 0.6) is 0 Å². The van der Waals surface area contributed by atoms with Crippen LogP contribution in [-0.4, -0.2) is 42.7 Å². The third-order valence-corrected chi connectivity index (χ3v) is 4.90. The highest BCUT2D eigenvalue weighted by atomic mass is 15.3. The smallest absolute Gasteiger partial charge is 0.0473 e. The molecule has 0 radical (unpaired) electrons. The number of piperidine rings is 1. The van der Waals surface area contributed by atoms with Crippen LogP contribution in [0.1, 0.15) is 38.5 Å². The number of nitrogens with two attached hydrogens (primary N) is 1. The molecule has 3 nitrogen and oxygen atoms in total. The van der Waals surface area contributed by atoms with E-state index >= 15 is 0 Å². The summed E-state index contributed by atoms with van der Waals surface area (Å²) in [7, 11) is 0. The zero-order valence-corrected chi connectivity index (χ0v) is 10.3. The fourth-order valence-electron chi connectivity index (χ4n) is 3.58. The van der Waals surface area contributed by atoms with Gasteiger partial charge in [-0.25, -0.2) is 0 Å². The van der Waals surface area contributed by atoms with E-state index < -0.39 is 0 Å². The van der Waals surface area contributed by atoms with Gasteiger partial charge in [0.2, 0.25) is 0 Å². The number of fused-ring (bicyclic) bond motifs is 1. The first-order valence-electron chi connectivity index (χ1n) is 7.03. The number of nitrogens with zero attached hydrogens (tertiary/aromatic N) is 1. The topological polar surface area (TPSA) is 41.3 Å². The highest BCUT2D eigenvalue weighted by Crippen LogP contribution is 2.36. The second-order valence-electron chi connectivity index (χ2n) is 5.98. The lowest BCUT2D eigenvalue weighted by atomic mass is 9.85. The highest BCUT2D eigenvalue weighted by molar-refractivity contribution is 5.07. The molecule has 0 bridgehead atoms. The first-order valence-corrected chi connectivity index (χ1v) is 7.03. The van der Waals surface area contributed by atoms with Crippen molar-refractivity contribution >= 4 is 0 Å². The molecule has 3 aliphatic rings. The lowest BCUT2D eigenvalue weighted by Gasteiger charge is -2.41. The maximum atomic E-state index is 6.09. The zero-order valence-electron chi connectivity index (χ0n) is 10.3. The summed E-state index contributed by atoms with van der Waals surface area (Å²) in [6.45, 7) is 4.60. The summed E-state index contributed by atoms with van der Waals surface area (Å²) in [5.41, 5.74) is 6.35. The molecule has 2 aliphatic heterocycles. The summed E-state index contributed by atoms with van der Waals surface area (Å²) in [6.07, 6.45) is 8.27. The summed E-state index contributed by atoms with van der Waals surface area (Å²) >= 11 is 0. The van der Waals surface area contributed by atoms with Gasteiger partial charge < -0.3 is 11.1 Å². The van der Waals surface area contributed by atoms with E-state index in [1.807, 2.05) is 0 Å². The minimum absolute atomic E-state index is 0.253. The van der Waals surface area contributed by atoms with Crippen LogP contribution >= 0.6 is 0 Å². The van der Waals surface area contributed by atoms with Gasteiger partial charge in [0.1, 0.15) is 0 Å². The molecule has 3 heteroatoms. The molecule has 3 rings (SSSR count). The normalized spacial score (nSPS) is 39.9. The van der Waals surface area contributed by atoms with Crippen molar-refractivity contribution in [1.29, 1.82) is 0 Å². The number of hydrogen-bond donors (Lipinski definition) is 2. The van der Waals surface area contributed by atoms with E-state index in [2.05, 4.69) is 10.2 Å². The van der Waals surface area contributed by atoms with E-state index in [9.17, 15) is 0 Å². The zero-order chi connectivity index (χ0) is 11.0. The molecule has 0 aromatic carbocycles. The van der Waals surface area contributed by atoms with Crippen LogP contribution in [0.3, 0.4) is 0 Å². The number of hydrogen-bond acceptors (Lipinski definition) is 3. The van der Waals surface area contributed by atoms with Crippen LogP contribution in [0, 0.1) is 5.92 Å². The molecule has 3 N–H and O–H groups in total. The van der Waals surface area contributed by atoms with Gasteiger partial charge in [0.05, 0.1) is 0 Å². The van der Waals surface area contributed by atoms with Gasteiger partial charge in [0.15, 0.2) is 0 Å². The van der Waals surface area contributed by atoms with Gasteiger partial charge in [-0.2, -0.15) is 0 Å². The van der Waals surface area contributed by atoms with E-state index in [0.717, 1.165) is 18.5 Å². The van der Waals surface area contributed by atoms with Crippen molar-refractivity contribution in [2.45, 2.75) is 50.1 Å². The summed E-state index contributed by atoms with van der Waals surface area (Å²) in [5.74, 6) is 0.959. The fourth-order valence-corrected chi connectivity index (χ4v) is 3.58. The second-order valence-corrected chi connectivity index (χ2v) is 5.98. The first kappa shape index (κ1) is 11.0. The van der Waals surface area contributed by atoms with Gasteiger partial charge in [0, 0.05) is 24.7 Å². The molecule has 1 aliphatic carbocycles. The second kappa shape index (κ2) is 4.28. The lowest BCUT2D eigenvalue weighted by Crippen LogP contribution is -2.60. The Hall–Kier alpha value is -0.120. The molecule has 0 aromatic heterocycles. The number of nitrogens with one attached hydrogen (secondary N) is 1. The summed E-state index contributed by atoms with van der Waals surface area (Å²) in [6, 6.07) is 0.727. The Morgan fingerprint density at radius 2 is 2.06 bits per heavy atom. The van der Waals surface area contributed by atoms with Crippen molar-refractivity contribution in [2.75, 3.05) is 26.2 Å². The summed E-state index contributed by atoms with van der Waals surface area (Å²) < 4.78 is 0. The molecule has 0 amide bonds. The molecule has 2 saturated heterocycles. The quantitative estimate of drug-likeness (QED) is 0.745. The molecule has 1 saturated carbocycles. The standard InChI is InChI=1S/C13H25N3/c14-10-13(15-9-11-4-5-11)6-8-16-7-2-1-3-12(13)16/h11-12,15H,1-10,14H2. The molecule has 2 unspecified atom stereocenters. The van der Waals surface area contributed by atoms with Crippen molar-refractivity contribution in [2.24, 2.45) is 11.7 Å². The molecule has 2 atom stereocenters. The monoisotopic (exact) mass is 223 g/mol. The minimum Gasteiger partial charge on any atom is -0.329 e. The van der Waals surface area contributed by atoms with E-state index in [-0.39, 0.29) is 5.54 Å². The SMILES string of the molecule is NCC1(NCC2CC2)CCN2CCCCC21. The third kappa shape index (κ3) is 1.89. The molecular formula is C13H25N3. The van der Waals surface area contributed by atoms with Crippen LogP contribution in [0.2, 0.25) is 0 Å². The summed E-state index contributed by atoms with van der Waals surface area (Å²) in [4.78, 5) is 2.68. The first-order chi connectivity index (χ1) is 7.84. The molecule has 16 heavy (non-hydrogen) atoms. The van der Waals surface area contributed by atoms with Crippen molar-refractivity contribution in [3.05, 3.63) is 0 Å². The maximum absolute atomic E-state index is 6.09. The molecular weight excluding hydrogens is 198 g/mol. The Kier molecular flexibility index (Phi) is 2.94. The average molecular weight is 223 g/mol. The van der Waals surface area contributed by atoms with Crippen LogP contribution in [0.15, 0.2) is 0 Å². The van der Waals surface area contributed by atoms with Crippen molar-refractivity contribution in [1.82, 2.24) is 10.2 Å². The fraction of sp³-hybridized carbons (Fsp3) is 1.00. The Labute approximate surface area is 98.8 Å². The van der Waals surface area contributed by atoms with Crippen molar-refractivity contribution in [3.8, 4) is 0 Å². The number of rotatable bonds is 4. The minimum atomic E-state index is 0.253. The Balaban J connectivity index is 1.67. The van der Waals surface area contributed by atoms with Gasteiger partial charge >= 0.3 is 0 Å². The maximum Gasteiger partial charge on any atom is 0.0473 e. The molecule has 0 spiro atoms. The van der Waals surface area contributed by atoms with Gasteiger partial charge in [-0.3, -0.25) is 4.90 Å². The van der Waals surface area contributed by atoms with Gasteiger partial charge in [-0.05, 0) is 51.1 Å². The molecule has 2 heterocycles. The Bertz CT molecular complexity index is 252. The van der Waals surface area contributed by atoms with Gasteiger partial charge in [0.25, 0.3) is 0 Å². The van der Waals surface area contributed by atoms with Crippen LogP contribution < -0.4 is 11.1 Å². The average Bonchev–Trinajstić information content (AvgIpc) is 3.09. The van der Waals surface area contributed by atoms with E-state index in [1.54, 1.807) is 0 Å². The Morgan fingerprint density at radius 3 is 2.81 bits per heavy atom. The van der Waals surface area contributed by atoms with Gasteiger partial charge in [-0.1, -0.05) is 6.42 Å². The highest BCUT2D eigenvalue weighted by Gasteiger charge is 2.47. The van der Waals surface area contributed by atoms with Crippen molar-refractivity contribution in [3.63, 3.8) is 0 Å². The molecule has 0 aromatic rings. The van der Waals surface area contributed by atoms with Crippen molar-refractivity contribution < 1.29 is 0 Å². The predicted octanol–water partition coefficient (Wildman–Crippen LogP) is 0.942. The largest absolute Gasteiger partial charge is 0.329 e. The van der Waals surface area contributed by atoms with Crippen LogP contribution in [0.25, 0.3) is 0 Å². The van der Waals surface area contributed by atoms with E-state index in [1.165, 1.54) is 58.2 Å². The summed E-state index contributed by atoms with van der Waals surface area (Å²) in [5, 5.41) is 3.84. The third-order valence-electron chi connectivity index (χ3n) is 4.90. The van der Waals surface area contributed by atoms with Crippen LogP contribution in [-0.2, 0) is 0 Å². The van der Waals surface area contributed by atoms with E-state index in [4.69, 9.17) is 5.73 Å². The molecule has 3 fully saturated rings. The van der Waals surface area contributed by atoms with Crippen LogP contribution in [0.4, 0.5) is 0 Å².